The molecule has 0 saturated heterocycles. The zero-order valence-electron chi connectivity index (χ0n) is 14.3. The molecule has 2 rings (SSSR count). The van der Waals surface area contributed by atoms with E-state index in [-0.39, 0.29) is 18.4 Å². The summed E-state index contributed by atoms with van der Waals surface area (Å²) < 4.78 is 4.90. The molecule has 24 heavy (non-hydrogen) atoms. The number of carbonyl (C=O) groups is 2. The Labute approximate surface area is 142 Å². The Morgan fingerprint density at radius 1 is 1.29 bits per heavy atom. The van der Waals surface area contributed by atoms with Crippen LogP contribution < -0.4 is 10.6 Å². The van der Waals surface area contributed by atoms with Crippen molar-refractivity contribution in [1.82, 2.24) is 5.32 Å². The lowest BCUT2D eigenvalue weighted by Gasteiger charge is -2.51. The van der Waals surface area contributed by atoms with Gasteiger partial charge in [-0.15, -0.1) is 0 Å². The highest BCUT2D eigenvalue weighted by atomic mass is 16.5. The fourth-order valence-electron chi connectivity index (χ4n) is 3.04. The lowest BCUT2D eigenvalue weighted by molar-refractivity contribution is -0.160. The Hall–Kier alpha value is -2.55. The molecule has 2 N–H and O–H groups in total. The van der Waals surface area contributed by atoms with Gasteiger partial charge in [-0.05, 0) is 57.4 Å². The Balaban J connectivity index is 1.97. The van der Waals surface area contributed by atoms with E-state index in [9.17, 15) is 9.59 Å². The molecule has 0 spiro atoms. The van der Waals surface area contributed by atoms with Crippen LogP contribution in [0.4, 0.5) is 5.69 Å². The molecular weight excluding hydrogens is 306 g/mol. The number of carbonyl (C=O) groups excluding carboxylic acids is 2. The number of hydrogen-bond donors (Lipinski definition) is 2. The van der Waals surface area contributed by atoms with E-state index in [1.54, 1.807) is 24.3 Å². The zero-order valence-corrected chi connectivity index (χ0v) is 14.3. The van der Waals surface area contributed by atoms with Crippen molar-refractivity contribution in [2.24, 2.45) is 5.41 Å². The van der Waals surface area contributed by atoms with Gasteiger partial charge in [-0.3, -0.25) is 9.59 Å². The van der Waals surface area contributed by atoms with Gasteiger partial charge < -0.3 is 15.4 Å². The Morgan fingerprint density at radius 3 is 2.38 bits per heavy atom. The van der Waals surface area contributed by atoms with Crippen molar-refractivity contribution >= 4 is 17.6 Å². The Morgan fingerprint density at radius 2 is 1.92 bits per heavy atom. The maximum Gasteiger partial charge on any atom is 0.313 e. The molecule has 128 valence electrons. The van der Waals surface area contributed by atoms with Gasteiger partial charge in [0, 0.05) is 5.69 Å². The molecular formula is C18H23N3O3. The topological polar surface area (TPSA) is 91.2 Å². The Bertz CT molecular complexity index is 655. The number of hydrogen-bond acceptors (Lipinski definition) is 5. The third-order valence-corrected chi connectivity index (χ3v) is 4.94. The summed E-state index contributed by atoms with van der Waals surface area (Å²) in [5.74, 6) is -0.487. The highest BCUT2D eigenvalue weighted by molar-refractivity contribution is 5.84. The standard InChI is InChI=1S/C18H23N3O3/c1-17(2,16(23)24-3)18(9-4-10-18)21-15(22)12-20-14-7-5-13(11-19)6-8-14/h5-8,20H,4,9-10,12H2,1-3H3,(H,21,22). The molecule has 1 aliphatic carbocycles. The summed E-state index contributed by atoms with van der Waals surface area (Å²) in [7, 11) is 1.37. The second-order valence-electron chi connectivity index (χ2n) is 6.64. The highest BCUT2D eigenvalue weighted by Gasteiger charge is 2.55. The van der Waals surface area contributed by atoms with E-state index in [1.807, 2.05) is 19.9 Å². The van der Waals surface area contributed by atoms with Crippen LogP contribution in [-0.2, 0) is 14.3 Å². The van der Waals surface area contributed by atoms with E-state index in [4.69, 9.17) is 10.00 Å². The molecule has 1 saturated carbocycles. The first kappa shape index (κ1) is 17.8. The largest absolute Gasteiger partial charge is 0.469 e. The van der Waals surface area contributed by atoms with Crippen molar-refractivity contribution in [1.29, 1.82) is 5.26 Å². The van der Waals surface area contributed by atoms with Gasteiger partial charge >= 0.3 is 5.97 Å². The van der Waals surface area contributed by atoms with Gasteiger partial charge in [-0.1, -0.05) is 0 Å². The molecule has 6 heteroatoms. The molecule has 1 aromatic rings. The van der Waals surface area contributed by atoms with E-state index < -0.39 is 11.0 Å². The van der Waals surface area contributed by atoms with Crippen molar-refractivity contribution < 1.29 is 14.3 Å². The number of nitrogens with one attached hydrogen (secondary N) is 2. The molecule has 1 aliphatic rings. The summed E-state index contributed by atoms with van der Waals surface area (Å²) >= 11 is 0. The minimum absolute atomic E-state index is 0.102. The smallest absolute Gasteiger partial charge is 0.313 e. The number of methoxy groups -OCH3 is 1. The van der Waals surface area contributed by atoms with Gasteiger partial charge in [0.05, 0.1) is 36.2 Å². The fraction of sp³-hybridized carbons (Fsp3) is 0.500. The van der Waals surface area contributed by atoms with Crippen LogP contribution in [0.25, 0.3) is 0 Å². The third-order valence-electron chi connectivity index (χ3n) is 4.94. The highest BCUT2D eigenvalue weighted by Crippen LogP contribution is 2.46. The molecule has 0 bridgehead atoms. The second-order valence-corrected chi connectivity index (χ2v) is 6.64. The fourth-order valence-corrected chi connectivity index (χ4v) is 3.04. The molecule has 1 fully saturated rings. The van der Waals surface area contributed by atoms with Crippen LogP contribution in [0, 0.1) is 16.7 Å². The molecule has 0 aromatic heterocycles. The lowest BCUT2D eigenvalue weighted by Crippen LogP contribution is -2.65. The number of amides is 1. The summed E-state index contributed by atoms with van der Waals surface area (Å²) in [5.41, 5.74) is 0.00505. The quantitative estimate of drug-likeness (QED) is 0.781. The molecule has 1 amide bonds. The van der Waals surface area contributed by atoms with Crippen molar-refractivity contribution in [2.75, 3.05) is 19.0 Å². The van der Waals surface area contributed by atoms with Crippen LogP contribution in [0.5, 0.6) is 0 Å². The van der Waals surface area contributed by atoms with Crippen LogP contribution in [0.1, 0.15) is 38.7 Å². The van der Waals surface area contributed by atoms with E-state index >= 15 is 0 Å². The number of benzene rings is 1. The van der Waals surface area contributed by atoms with E-state index in [0.717, 1.165) is 24.9 Å². The van der Waals surface area contributed by atoms with E-state index in [2.05, 4.69) is 10.6 Å². The SMILES string of the molecule is COC(=O)C(C)(C)C1(NC(=O)CNc2ccc(C#N)cc2)CCC1. The van der Waals surface area contributed by atoms with Crippen molar-refractivity contribution in [3.8, 4) is 6.07 Å². The van der Waals surface area contributed by atoms with Gasteiger partial charge in [-0.2, -0.15) is 5.26 Å². The minimum Gasteiger partial charge on any atom is -0.469 e. The molecule has 0 unspecified atom stereocenters. The first-order chi connectivity index (χ1) is 11.3. The van der Waals surface area contributed by atoms with Crippen LogP contribution in [0.2, 0.25) is 0 Å². The number of esters is 1. The lowest BCUT2D eigenvalue weighted by atomic mass is 9.60. The molecule has 6 nitrogen and oxygen atoms in total. The second kappa shape index (κ2) is 6.91. The third kappa shape index (κ3) is 3.35. The maximum atomic E-state index is 12.3. The average molecular weight is 329 g/mol. The van der Waals surface area contributed by atoms with Crippen LogP contribution in [0.3, 0.4) is 0 Å². The number of nitrogens with zero attached hydrogens (tertiary/aromatic N) is 1. The van der Waals surface area contributed by atoms with E-state index in [0.29, 0.717) is 5.56 Å². The van der Waals surface area contributed by atoms with Crippen molar-refractivity contribution in [3.63, 3.8) is 0 Å². The van der Waals surface area contributed by atoms with E-state index in [1.165, 1.54) is 7.11 Å². The summed E-state index contributed by atoms with van der Waals surface area (Å²) in [5, 5.41) is 14.8. The van der Waals surface area contributed by atoms with Gasteiger partial charge in [0.2, 0.25) is 5.91 Å². The monoisotopic (exact) mass is 329 g/mol. The van der Waals surface area contributed by atoms with Crippen molar-refractivity contribution in [2.45, 2.75) is 38.6 Å². The Kier molecular flexibility index (Phi) is 5.13. The first-order valence-electron chi connectivity index (χ1n) is 7.98. The molecule has 0 atom stereocenters. The normalized spacial score (nSPS) is 15.6. The summed E-state index contributed by atoms with van der Waals surface area (Å²) in [6, 6.07) is 8.93. The summed E-state index contributed by atoms with van der Waals surface area (Å²) in [6.07, 6.45) is 2.50. The van der Waals surface area contributed by atoms with Gasteiger partial charge in [0.25, 0.3) is 0 Å². The summed E-state index contributed by atoms with van der Waals surface area (Å²) in [4.78, 5) is 24.4. The van der Waals surface area contributed by atoms with Gasteiger partial charge in [0.15, 0.2) is 0 Å². The van der Waals surface area contributed by atoms with Crippen molar-refractivity contribution in [3.05, 3.63) is 29.8 Å². The average Bonchev–Trinajstić information content (AvgIpc) is 2.55. The first-order valence-corrected chi connectivity index (χ1v) is 7.98. The summed E-state index contributed by atoms with van der Waals surface area (Å²) in [6.45, 7) is 3.73. The maximum absolute atomic E-state index is 12.3. The number of anilines is 1. The predicted molar refractivity (Wildman–Crippen MR) is 90.2 cm³/mol. The van der Waals surface area contributed by atoms with Crippen LogP contribution in [0.15, 0.2) is 24.3 Å². The molecule has 0 aliphatic heterocycles. The molecule has 1 aromatic carbocycles. The minimum atomic E-state index is -0.774. The van der Waals surface area contributed by atoms with Crippen LogP contribution in [-0.4, -0.2) is 31.1 Å². The zero-order chi connectivity index (χ0) is 17.8. The van der Waals surface area contributed by atoms with Gasteiger partial charge in [0.1, 0.15) is 0 Å². The van der Waals surface area contributed by atoms with Crippen LogP contribution >= 0.6 is 0 Å². The molecule has 0 radical (unpaired) electrons. The number of nitriles is 1. The predicted octanol–water partition coefficient (Wildman–Crippen LogP) is 2.21. The number of rotatable bonds is 6. The number of ether oxygens (including phenoxy) is 1. The molecule has 0 heterocycles. The van der Waals surface area contributed by atoms with Gasteiger partial charge in [-0.25, -0.2) is 0 Å².